The van der Waals surface area contributed by atoms with E-state index in [9.17, 15) is 4.79 Å². The van der Waals surface area contributed by atoms with Gasteiger partial charge in [-0.3, -0.25) is 9.48 Å². The van der Waals surface area contributed by atoms with E-state index in [1.807, 2.05) is 20.0 Å². The number of nitrogens with one attached hydrogen (secondary N) is 1. The summed E-state index contributed by atoms with van der Waals surface area (Å²) >= 11 is 3.24. The van der Waals surface area contributed by atoms with Crippen molar-refractivity contribution in [2.24, 2.45) is 0 Å². The maximum atomic E-state index is 11.7. The van der Waals surface area contributed by atoms with E-state index in [4.69, 9.17) is 0 Å². The van der Waals surface area contributed by atoms with Crippen LogP contribution in [-0.4, -0.2) is 19.7 Å². The lowest BCUT2D eigenvalue weighted by molar-refractivity contribution is 0.660. The smallest absolute Gasteiger partial charge is 0.265 e. The van der Waals surface area contributed by atoms with Gasteiger partial charge in [-0.15, -0.1) is 0 Å². The van der Waals surface area contributed by atoms with E-state index >= 15 is 0 Å². The molecule has 0 bridgehead atoms. The van der Waals surface area contributed by atoms with Crippen molar-refractivity contribution in [1.82, 2.24) is 19.7 Å². The minimum Gasteiger partial charge on any atom is -0.305 e. The molecule has 0 saturated heterocycles. The standard InChI is InChI=1S/C11H13BrN4O/c1-3-8-9(12)11(17)15-10(14-8)7-5-13-16(4-2)6-7/h5-6H,3-4H2,1-2H3,(H,14,15,17). The van der Waals surface area contributed by atoms with E-state index in [-0.39, 0.29) is 5.56 Å². The van der Waals surface area contributed by atoms with Gasteiger partial charge in [0.05, 0.1) is 17.5 Å². The summed E-state index contributed by atoms with van der Waals surface area (Å²) in [7, 11) is 0. The number of aromatic nitrogens is 4. The molecule has 0 spiro atoms. The Morgan fingerprint density at radius 3 is 2.82 bits per heavy atom. The number of halogens is 1. The minimum atomic E-state index is -0.156. The molecule has 0 aliphatic heterocycles. The second-order valence-corrected chi connectivity index (χ2v) is 4.41. The fourth-order valence-electron chi connectivity index (χ4n) is 1.54. The summed E-state index contributed by atoms with van der Waals surface area (Å²) in [6.45, 7) is 4.76. The van der Waals surface area contributed by atoms with E-state index in [0.29, 0.717) is 16.7 Å². The monoisotopic (exact) mass is 296 g/mol. The first-order chi connectivity index (χ1) is 8.15. The largest absolute Gasteiger partial charge is 0.305 e. The van der Waals surface area contributed by atoms with Gasteiger partial charge >= 0.3 is 0 Å². The van der Waals surface area contributed by atoms with Crippen molar-refractivity contribution >= 4 is 15.9 Å². The Hall–Kier alpha value is -1.43. The van der Waals surface area contributed by atoms with Crippen LogP contribution in [0.3, 0.4) is 0 Å². The molecule has 0 fully saturated rings. The van der Waals surface area contributed by atoms with Crippen LogP contribution >= 0.6 is 15.9 Å². The number of nitrogens with zero attached hydrogens (tertiary/aromatic N) is 3. The number of hydrogen-bond donors (Lipinski definition) is 1. The van der Waals surface area contributed by atoms with Gasteiger partial charge in [0, 0.05) is 12.7 Å². The van der Waals surface area contributed by atoms with Gasteiger partial charge in [0.15, 0.2) is 0 Å². The number of aromatic amines is 1. The van der Waals surface area contributed by atoms with Crippen LogP contribution in [0.2, 0.25) is 0 Å². The first-order valence-corrected chi connectivity index (χ1v) is 6.26. The van der Waals surface area contributed by atoms with Gasteiger partial charge in [-0.25, -0.2) is 4.98 Å². The molecule has 2 aromatic heterocycles. The molecule has 2 heterocycles. The van der Waals surface area contributed by atoms with Crippen molar-refractivity contribution in [3.05, 3.63) is 32.9 Å². The molecule has 0 unspecified atom stereocenters. The van der Waals surface area contributed by atoms with E-state index in [1.165, 1.54) is 0 Å². The number of H-pyrrole nitrogens is 1. The van der Waals surface area contributed by atoms with Gasteiger partial charge in [-0.2, -0.15) is 5.10 Å². The van der Waals surface area contributed by atoms with Crippen LogP contribution in [0, 0.1) is 0 Å². The zero-order chi connectivity index (χ0) is 12.4. The van der Waals surface area contributed by atoms with Crippen molar-refractivity contribution < 1.29 is 0 Å². The third-order valence-corrected chi connectivity index (χ3v) is 3.31. The normalized spacial score (nSPS) is 10.8. The highest BCUT2D eigenvalue weighted by Gasteiger charge is 2.10. The summed E-state index contributed by atoms with van der Waals surface area (Å²) in [5.41, 5.74) is 1.43. The second kappa shape index (κ2) is 4.83. The molecule has 1 N–H and O–H groups in total. The highest BCUT2D eigenvalue weighted by molar-refractivity contribution is 9.10. The summed E-state index contributed by atoms with van der Waals surface area (Å²) < 4.78 is 2.30. The molecule has 17 heavy (non-hydrogen) atoms. The Bertz CT molecular complexity index is 587. The number of hydrogen-bond acceptors (Lipinski definition) is 3. The van der Waals surface area contributed by atoms with Crippen LogP contribution in [0.4, 0.5) is 0 Å². The van der Waals surface area contributed by atoms with Gasteiger partial charge in [0.25, 0.3) is 5.56 Å². The van der Waals surface area contributed by atoms with Crippen LogP contribution in [-0.2, 0) is 13.0 Å². The first-order valence-electron chi connectivity index (χ1n) is 5.47. The molecule has 0 aliphatic rings. The van der Waals surface area contributed by atoms with E-state index in [2.05, 4.69) is 31.0 Å². The summed E-state index contributed by atoms with van der Waals surface area (Å²) in [6.07, 6.45) is 4.28. The second-order valence-electron chi connectivity index (χ2n) is 3.61. The Morgan fingerprint density at radius 1 is 1.47 bits per heavy atom. The zero-order valence-corrected chi connectivity index (χ0v) is 11.3. The van der Waals surface area contributed by atoms with Crippen LogP contribution < -0.4 is 5.56 Å². The third-order valence-electron chi connectivity index (χ3n) is 2.50. The SMILES string of the molecule is CCc1nc(-c2cnn(CC)c2)[nH]c(=O)c1Br. The third kappa shape index (κ3) is 2.31. The van der Waals surface area contributed by atoms with E-state index < -0.39 is 0 Å². The van der Waals surface area contributed by atoms with Crippen LogP contribution in [0.25, 0.3) is 11.4 Å². The molecule has 0 saturated carbocycles. The van der Waals surface area contributed by atoms with Crippen molar-refractivity contribution in [2.75, 3.05) is 0 Å². The average molecular weight is 297 g/mol. The van der Waals surface area contributed by atoms with Crippen molar-refractivity contribution in [3.63, 3.8) is 0 Å². The van der Waals surface area contributed by atoms with Crippen molar-refractivity contribution in [3.8, 4) is 11.4 Å². The fraction of sp³-hybridized carbons (Fsp3) is 0.364. The lowest BCUT2D eigenvalue weighted by Crippen LogP contribution is -2.13. The van der Waals surface area contributed by atoms with Crippen LogP contribution in [0.15, 0.2) is 21.7 Å². The van der Waals surface area contributed by atoms with Crippen LogP contribution in [0.5, 0.6) is 0 Å². The Kier molecular flexibility index (Phi) is 3.42. The molecule has 2 rings (SSSR count). The van der Waals surface area contributed by atoms with E-state index in [0.717, 1.165) is 17.8 Å². The highest BCUT2D eigenvalue weighted by atomic mass is 79.9. The number of aryl methyl sites for hydroxylation is 2. The van der Waals surface area contributed by atoms with Gasteiger partial charge in [-0.05, 0) is 29.3 Å². The van der Waals surface area contributed by atoms with E-state index in [1.54, 1.807) is 10.9 Å². The van der Waals surface area contributed by atoms with Crippen molar-refractivity contribution in [1.29, 1.82) is 0 Å². The van der Waals surface area contributed by atoms with Crippen LogP contribution in [0.1, 0.15) is 19.5 Å². The summed E-state index contributed by atoms with van der Waals surface area (Å²) in [4.78, 5) is 18.9. The predicted molar refractivity (Wildman–Crippen MR) is 68.8 cm³/mol. The molecule has 0 amide bonds. The number of rotatable bonds is 3. The Morgan fingerprint density at radius 2 is 2.24 bits per heavy atom. The zero-order valence-electron chi connectivity index (χ0n) is 9.70. The van der Waals surface area contributed by atoms with Gasteiger partial charge in [0.2, 0.25) is 0 Å². The Balaban J connectivity index is 2.52. The summed E-state index contributed by atoms with van der Waals surface area (Å²) in [5, 5.41) is 4.16. The van der Waals surface area contributed by atoms with Gasteiger partial charge < -0.3 is 4.98 Å². The van der Waals surface area contributed by atoms with Gasteiger partial charge in [-0.1, -0.05) is 6.92 Å². The molecule has 90 valence electrons. The topological polar surface area (TPSA) is 63.6 Å². The molecular weight excluding hydrogens is 284 g/mol. The average Bonchev–Trinajstić information content (AvgIpc) is 2.81. The summed E-state index contributed by atoms with van der Waals surface area (Å²) in [5.74, 6) is 0.565. The first kappa shape index (κ1) is 12.0. The Labute approximate surface area is 107 Å². The quantitative estimate of drug-likeness (QED) is 0.942. The molecular formula is C11H13BrN4O. The molecule has 0 atom stereocenters. The fourth-order valence-corrected chi connectivity index (χ4v) is 2.00. The molecule has 0 radical (unpaired) electrons. The maximum absolute atomic E-state index is 11.7. The maximum Gasteiger partial charge on any atom is 0.265 e. The lowest BCUT2D eigenvalue weighted by Gasteiger charge is -2.02. The summed E-state index contributed by atoms with van der Waals surface area (Å²) in [6, 6.07) is 0. The predicted octanol–water partition coefficient (Wildman–Crippen LogP) is 1.98. The van der Waals surface area contributed by atoms with Crippen molar-refractivity contribution in [2.45, 2.75) is 26.8 Å². The lowest BCUT2D eigenvalue weighted by atomic mass is 10.3. The minimum absolute atomic E-state index is 0.156. The molecule has 2 aromatic rings. The highest BCUT2D eigenvalue weighted by Crippen LogP contribution is 2.16. The molecule has 0 aromatic carbocycles. The van der Waals surface area contributed by atoms with Gasteiger partial charge in [0.1, 0.15) is 10.3 Å². The molecule has 0 aliphatic carbocycles. The molecule has 5 nitrogen and oxygen atoms in total. The molecule has 6 heteroatoms.